The number of aromatic hydroxyl groups is 1. The van der Waals surface area contributed by atoms with Crippen molar-refractivity contribution in [3.05, 3.63) is 59.9 Å². The number of carbonyl (C=O) groups is 2. The van der Waals surface area contributed by atoms with Gasteiger partial charge in [0.2, 0.25) is 5.91 Å². The lowest BCUT2D eigenvalue weighted by molar-refractivity contribution is -0.124. The molecule has 0 aliphatic carbocycles. The van der Waals surface area contributed by atoms with Crippen LogP contribution in [0.15, 0.2) is 48.5 Å². The molecule has 3 aromatic rings. The summed E-state index contributed by atoms with van der Waals surface area (Å²) < 4.78 is 5.79. The van der Waals surface area contributed by atoms with Crippen molar-refractivity contribution in [2.24, 2.45) is 0 Å². The topological polar surface area (TPSA) is 121 Å². The number of para-hydroxylation sites is 1. The van der Waals surface area contributed by atoms with E-state index in [1.807, 2.05) is 30.3 Å². The number of hydroxylamine groups is 1. The van der Waals surface area contributed by atoms with Gasteiger partial charge in [-0.1, -0.05) is 18.2 Å². The highest BCUT2D eigenvalue weighted by Gasteiger charge is 2.22. The number of rotatable bonds is 5. The average molecular weight is 381 g/mol. The van der Waals surface area contributed by atoms with Crippen LogP contribution >= 0.6 is 0 Å². The van der Waals surface area contributed by atoms with Crippen molar-refractivity contribution >= 4 is 22.6 Å². The van der Waals surface area contributed by atoms with Crippen LogP contribution < -0.4 is 15.5 Å². The molecule has 4 N–H and O–H groups in total. The highest BCUT2D eigenvalue weighted by Crippen LogP contribution is 2.33. The molecule has 0 saturated carbocycles. The summed E-state index contributed by atoms with van der Waals surface area (Å²) in [5.74, 6) is -0.741. The number of nitrogens with zero attached hydrogens (tertiary/aromatic N) is 1. The van der Waals surface area contributed by atoms with Crippen LogP contribution in [0.4, 0.5) is 0 Å². The molecule has 28 heavy (non-hydrogen) atoms. The van der Waals surface area contributed by atoms with Crippen molar-refractivity contribution in [2.75, 3.05) is 0 Å². The van der Waals surface area contributed by atoms with Gasteiger partial charge in [-0.2, -0.15) is 5.48 Å². The number of hydrogen-bond acceptors (Lipinski definition) is 7. The van der Waals surface area contributed by atoms with Gasteiger partial charge in [-0.05, 0) is 44.2 Å². The summed E-state index contributed by atoms with van der Waals surface area (Å²) in [7, 11) is 0. The number of pyridine rings is 1. The molecule has 1 unspecified atom stereocenters. The van der Waals surface area contributed by atoms with Crippen LogP contribution in [0.1, 0.15) is 23.1 Å². The summed E-state index contributed by atoms with van der Waals surface area (Å²) in [6, 6.07) is 13.2. The number of amides is 2. The Morgan fingerprint density at radius 3 is 2.46 bits per heavy atom. The number of benzene rings is 2. The van der Waals surface area contributed by atoms with Gasteiger partial charge in [0.1, 0.15) is 17.5 Å². The molecule has 144 valence electrons. The molecule has 2 aromatic carbocycles. The van der Waals surface area contributed by atoms with Crippen LogP contribution in [0.25, 0.3) is 10.8 Å². The number of ether oxygens (including phenoxy) is 1. The fraction of sp³-hybridized carbons (Fsp3) is 0.150. The van der Waals surface area contributed by atoms with Crippen LogP contribution in [0, 0.1) is 6.92 Å². The Bertz CT molecular complexity index is 1040. The molecular formula is C20H19N3O5. The number of hydrogen-bond donors (Lipinski definition) is 4. The number of nitrogens with one attached hydrogen (secondary N) is 2. The quantitative estimate of drug-likeness (QED) is 0.501. The Kier molecular flexibility index (Phi) is 5.53. The van der Waals surface area contributed by atoms with Crippen molar-refractivity contribution in [2.45, 2.75) is 19.9 Å². The van der Waals surface area contributed by atoms with E-state index in [1.165, 1.54) is 6.92 Å². The summed E-state index contributed by atoms with van der Waals surface area (Å²) in [6.45, 7) is 3.06. The molecule has 1 atom stereocenters. The minimum Gasteiger partial charge on any atom is -0.505 e. The van der Waals surface area contributed by atoms with Crippen molar-refractivity contribution in [1.29, 1.82) is 0 Å². The van der Waals surface area contributed by atoms with Gasteiger partial charge in [0.05, 0.1) is 0 Å². The first-order chi connectivity index (χ1) is 13.4. The van der Waals surface area contributed by atoms with Gasteiger partial charge in [0, 0.05) is 16.5 Å². The van der Waals surface area contributed by atoms with Gasteiger partial charge in [-0.3, -0.25) is 14.9 Å². The molecule has 0 fully saturated rings. The van der Waals surface area contributed by atoms with Crippen LogP contribution in [0.2, 0.25) is 0 Å². The molecule has 0 spiro atoms. The van der Waals surface area contributed by atoms with Gasteiger partial charge in [0.15, 0.2) is 11.4 Å². The zero-order valence-electron chi connectivity index (χ0n) is 15.3. The second kappa shape index (κ2) is 8.03. The van der Waals surface area contributed by atoms with Gasteiger partial charge in [-0.15, -0.1) is 0 Å². The molecule has 0 bridgehead atoms. The highest BCUT2D eigenvalue weighted by molar-refractivity contribution is 6.09. The van der Waals surface area contributed by atoms with E-state index in [0.717, 1.165) is 0 Å². The first kappa shape index (κ1) is 19.3. The molecular weight excluding hydrogens is 362 g/mol. The second-order valence-electron chi connectivity index (χ2n) is 6.19. The van der Waals surface area contributed by atoms with E-state index in [2.05, 4.69) is 10.3 Å². The van der Waals surface area contributed by atoms with Gasteiger partial charge in [-0.25, -0.2) is 4.98 Å². The monoisotopic (exact) mass is 381 g/mol. The van der Waals surface area contributed by atoms with Crippen LogP contribution in [-0.4, -0.2) is 33.2 Å². The molecule has 0 aliphatic heterocycles. The normalized spacial score (nSPS) is 11.8. The number of fused-ring (bicyclic) bond motifs is 1. The Morgan fingerprint density at radius 1 is 1.07 bits per heavy atom. The molecule has 1 aromatic heterocycles. The van der Waals surface area contributed by atoms with Gasteiger partial charge < -0.3 is 15.1 Å². The molecule has 2 amide bonds. The molecule has 0 saturated heterocycles. The number of carbonyl (C=O) groups excluding carboxylic acids is 2. The fourth-order valence-corrected chi connectivity index (χ4v) is 2.62. The third kappa shape index (κ3) is 3.93. The van der Waals surface area contributed by atoms with Crippen molar-refractivity contribution < 1.29 is 24.6 Å². The van der Waals surface area contributed by atoms with Gasteiger partial charge in [0.25, 0.3) is 5.91 Å². The molecule has 1 heterocycles. The van der Waals surface area contributed by atoms with Crippen molar-refractivity contribution in [1.82, 2.24) is 15.8 Å². The smallest absolute Gasteiger partial charge is 0.280 e. The molecule has 0 aliphatic rings. The van der Waals surface area contributed by atoms with E-state index in [1.54, 1.807) is 30.6 Å². The summed E-state index contributed by atoms with van der Waals surface area (Å²) in [5, 5.41) is 22.3. The van der Waals surface area contributed by atoms with Crippen molar-refractivity contribution in [3.8, 4) is 17.2 Å². The summed E-state index contributed by atoms with van der Waals surface area (Å²) >= 11 is 0. The third-order valence-corrected chi connectivity index (χ3v) is 4.16. The van der Waals surface area contributed by atoms with E-state index >= 15 is 0 Å². The van der Waals surface area contributed by atoms with Gasteiger partial charge >= 0.3 is 0 Å². The van der Waals surface area contributed by atoms with Crippen LogP contribution in [0.5, 0.6) is 17.2 Å². The SMILES string of the molecule is Cc1nc(C(=O)NC(=O)C(C)NO)c(O)c2ccc(Oc3ccccc3)cc12. The minimum absolute atomic E-state index is 0.278. The first-order valence-corrected chi connectivity index (χ1v) is 8.51. The first-order valence-electron chi connectivity index (χ1n) is 8.51. The maximum atomic E-state index is 12.3. The number of imide groups is 1. The Morgan fingerprint density at radius 2 is 1.79 bits per heavy atom. The standard InChI is InChI=1S/C20H19N3O5/c1-11-16-10-14(28-13-6-4-3-5-7-13)8-9-15(16)18(24)17(21-11)20(26)22-19(25)12(2)23-27/h3-10,12,23-24,27H,1-2H3,(H,22,25,26). The average Bonchev–Trinajstić information content (AvgIpc) is 2.70. The maximum absolute atomic E-state index is 12.3. The zero-order chi connectivity index (χ0) is 20.3. The highest BCUT2D eigenvalue weighted by atomic mass is 16.5. The predicted octanol–water partition coefficient (Wildman–Crippen LogP) is 2.66. The van der Waals surface area contributed by atoms with E-state index < -0.39 is 17.9 Å². The van der Waals surface area contributed by atoms with E-state index in [0.29, 0.717) is 28.0 Å². The fourth-order valence-electron chi connectivity index (χ4n) is 2.62. The molecule has 0 radical (unpaired) electrons. The van der Waals surface area contributed by atoms with Crippen LogP contribution in [-0.2, 0) is 4.79 Å². The largest absolute Gasteiger partial charge is 0.505 e. The lowest BCUT2D eigenvalue weighted by Gasteiger charge is -2.13. The summed E-state index contributed by atoms with van der Waals surface area (Å²) in [4.78, 5) is 28.2. The molecule has 3 rings (SSSR count). The maximum Gasteiger partial charge on any atom is 0.280 e. The molecule has 8 nitrogen and oxygen atoms in total. The third-order valence-electron chi connectivity index (χ3n) is 4.16. The van der Waals surface area contributed by atoms with Crippen LogP contribution in [0.3, 0.4) is 0 Å². The Labute approximate surface area is 160 Å². The zero-order valence-corrected chi connectivity index (χ0v) is 15.3. The minimum atomic E-state index is -0.995. The van der Waals surface area contributed by atoms with E-state index in [4.69, 9.17) is 9.94 Å². The lowest BCUT2D eigenvalue weighted by atomic mass is 10.1. The van der Waals surface area contributed by atoms with E-state index in [-0.39, 0.29) is 11.4 Å². The molecule has 8 heteroatoms. The lowest BCUT2D eigenvalue weighted by Crippen LogP contribution is -2.43. The van der Waals surface area contributed by atoms with Crippen molar-refractivity contribution in [3.63, 3.8) is 0 Å². The predicted molar refractivity (Wildman–Crippen MR) is 102 cm³/mol. The Hall–Kier alpha value is -3.49. The summed E-state index contributed by atoms with van der Waals surface area (Å²) in [6.07, 6.45) is 0. The Balaban J connectivity index is 1.93. The van der Waals surface area contributed by atoms with E-state index in [9.17, 15) is 14.7 Å². The number of aromatic nitrogens is 1. The second-order valence-corrected chi connectivity index (χ2v) is 6.19. The summed E-state index contributed by atoms with van der Waals surface area (Å²) in [5.41, 5.74) is 1.95. The number of aryl methyl sites for hydroxylation is 1.